The maximum atomic E-state index is 12.4. The van der Waals surface area contributed by atoms with Crippen LogP contribution in [-0.4, -0.2) is 62.0 Å². The van der Waals surface area contributed by atoms with Crippen LogP contribution in [0.2, 0.25) is 0 Å². The van der Waals surface area contributed by atoms with E-state index in [4.69, 9.17) is 4.52 Å². The fourth-order valence-corrected chi connectivity index (χ4v) is 5.10. The predicted octanol–water partition coefficient (Wildman–Crippen LogP) is 1.11. The normalized spacial score (nSPS) is 28.1. The summed E-state index contributed by atoms with van der Waals surface area (Å²) in [5.74, 6) is 1.28. The third kappa shape index (κ3) is 3.20. The summed E-state index contributed by atoms with van der Waals surface area (Å²) in [5, 5.41) is 24.6. The summed E-state index contributed by atoms with van der Waals surface area (Å²) in [7, 11) is 0. The topological polar surface area (TPSA) is 120 Å². The summed E-state index contributed by atoms with van der Waals surface area (Å²) in [6.45, 7) is 4.05. The molecule has 0 radical (unpaired) electrons. The average molecular weight is 408 g/mol. The van der Waals surface area contributed by atoms with Gasteiger partial charge in [0.1, 0.15) is 5.69 Å². The van der Waals surface area contributed by atoms with Gasteiger partial charge in [0, 0.05) is 38.2 Å². The number of hydrogen-bond donors (Lipinski definition) is 3. The largest absolute Gasteiger partial charge is 0.391 e. The molecule has 9 nitrogen and oxygen atoms in total. The van der Waals surface area contributed by atoms with Crippen molar-refractivity contribution in [3.05, 3.63) is 65.6 Å². The molecule has 5 rings (SSSR count). The van der Waals surface area contributed by atoms with Gasteiger partial charge in [0.2, 0.25) is 5.89 Å². The number of benzene rings is 1. The number of aromatic amines is 1. The van der Waals surface area contributed by atoms with Gasteiger partial charge in [0.05, 0.1) is 12.6 Å². The molecular formula is C21H24N6O3. The molecule has 1 aliphatic heterocycles. The van der Waals surface area contributed by atoms with Gasteiger partial charge in [-0.25, -0.2) is 0 Å². The van der Waals surface area contributed by atoms with Crippen LogP contribution in [0, 0.1) is 18.3 Å². The highest BCUT2D eigenvalue weighted by molar-refractivity contribution is 5.92. The number of amides is 1. The number of nitrogens with zero attached hydrogens (tertiary/aromatic N) is 4. The quantitative estimate of drug-likeness (QED) is 0.559. The summed E-state index contributed by atoms with van der Waals surface area (Å²) in [4.78, 5) is 18.8. The minimum absolute atomic E-state index is 0.138. The predicted molar refractivity (Wildman–Crippen MR) is 106 cm³/mol. The fourth-order valence-electron chi connectivity index (χ4n) is 5.10. The molecule has 3 aromatic rings. The Morgan fingerprint density at radius 3 is 2.90 bits per heavy atom. The highest BCUT2D eigenvalue weighted by atomic mass is 16.5. The Labute approximate surface area is 173 Å². The van der Waals surface area contributed by atoms with Crippen LogP contribution in [0.4, 0.5) is 0 Å². The van der Waals surface area contributed by atoms with E-state index in [1.165, 1.54) is 5.56 Å². The highest BCUT2D eigenvalue weighted by Crippen LogP contribution is 2.68. The zero-order valence-electron chi connectivity index (χ0n) is 16.7. The molecule has 1 saturated carbocycles. The number of β-amino-alcohol motifs (C(OH)–C–C–N with tert-alkyl or cyclic N) is 1. The van der Waals surface area contributed by atoms with Crippen LogP contribution in [0.25, 0.3) is 0 Å². The van der Waals surface area contributed by atoms with Crippen LogP contribution in [0.15, 0.2) is 47.1 Å². The number of aliphatic hydroxyl groups is 1. The summed E-state index contributed by atoms with van der Waals surface area (Å²) >= 11 is 0. The molecule has 9 heteroatoms. The minimum Gasteiger partial charge on any atom is -0.391 e. The van der Waals surface area contributed by atoms with Crippen LogP contribution >= 0.6 is 0 Å². The third-order valence-electron chi connectivity index (χ3n) is 6.43. The molecule has 3 heterocycles. The third-order valence-corrected chi connectivity index (χ3v) is 6.43. The molecular weight excluding hydrogens is 384 g/mol. The molecule has 3 N–H and O–H groups in total. The first kappa shape index (κ1) is 19.0. The maximum Gasteiger partial charge on any atom is 0.269 e. The van der Waals surface area contributed by atoms with Gasteiger partial charge in [0.15, 0.2) is 5.82 Å². The van der Waals surface area contributed by atoms with E-state index in [1.54, 1.807) is 19.2 Å². The number of likely N-dealkylation sites (tertiary alicyclic amines) is 1. The number of carbonyl (C=O) groups excluding carboxylic acids is 1. The van der Waals surface area contributed by atoms with Crippen molar-refractivity contribution in [2.24, 2.45) is 11.3 Å². The SMILES string of the molecule is Cc1nc(CN2C[C@H](O)[C@@]3(C2)[C@H](CNC(=O)c2ccn[nH]2)[C@H]3c2ccccc2)no1. The molecule has 30 heavy (non-hydrogen) atoms. The molecule has 4 atom stereocenters. The van der Waals surface area contributed by atoms with Gasteiger partial charge in [-0.1, -0.05) is 35.5 Å². The Bertz CT molecular complexity index is 1020. The Kier molecular flexibility index (Phi) is 4.63. The van der Waals surface area contributed by atoms with Crippen molar-refractivity contribution >= 4 is 5.91 Å². The first-order valence-electron chi connectivity index (χ1n) is 10.1. The van der Waals surface area contributed by atoms with Crippen LogP contribution < -0.4 is 5.32 Å². The number of H-pyrrole nitrogens is 1. The molecule has 1 aliphatic carbocycles. The maximum absolute atomic E-state index is 12.4. The molecule has 1 amide bonds. The second-order valence-corrected chi connectivity index (χ2v) is 8.20. The zero-order chi connectivity index (χ0) is 20.7. The van der Waals surface area contributed by atoms with Gasteiger partial charge in [-0.15, -0.1) is 0 Å². The number of aliphatic hydroxyl groups excluding tert-OH is 1. The van der Waals surface area contributed by atoms with Gasteiger partial charge < -0.3 is 14.9 Å². The van der Waals surface area contributed by atoms with E-state index in [-0.39, 0.29) is 23.2 Å². The number of rotatable bonds is 6. The number of nitrogens with one attached hydrogen (secondary N) is 2. The number of carbonyl (C=O) groups is 1. The van der Waals surface area contributed by atoms with Gasteiger partial charge >= 0.3 is 0 Å². The molecule has 156 valence electrons. The molecule has 1 spiro atoms. The average Bonchev–Trinajstić information content (AvgIpc) is 3.19. The van der Waals surface area contributed by atoms with Gasteiger partial charge in [0.25, 0.3) is 5.91 Å². The molecule has 1 aromatic carbocycles. The summed E-state index contributed by atoms with van der Waals surface area (Å²) < 4.78 is 5.08. The molecule has 2 aromatic heterocycles. The van der Waals surface area contributed by atoms with Crippen LogP contribution in [0.5, 0.6) is 0 Å². The molecule has 0 unspecified atom stereocenters. The first-order chi connectivity index (χ1) is 14.6. The number of hydrogen-bond acceptors (Lipinski definition) is 7. The van der Waals surface area contributed by atoms with E-state index in [0.29, 0.717) is 43.6 Å². The van der Waals surface area contributed by atoms with E-state index in [0.717, 1.165) is 0 Å². The Balaban J connectivity index is 1.34. The number of aryl methyl sites for hydroxylation is 1. The van der Waals surface area contributed by atoms with Crippen LogP contribution in [0.3, 0.4) is 0 Å². The van der Waals surface area contributed by atoms with E-state index < -0.39 is 6.10 Å². The summed E-state index contributed by atoms with van der Waals surface area (Å²) in [6, 6.07) is 11.9. The van der Waals surface area contributed by atoms with Crippen molar-refractivity contribution in [1.29, 1.82) is 0 Å². The Morgan fingerprint density at radius 1 is 1.37 bits per heavy atom. The molecule has 2 aliphatic rings. The van der Waals surface area contributed by atoms with Crippen molar-refractivity contribution in [1.82, 2.24) is 30.6 Å². The lowest BCUT2D eigenvalue weighted by atomic mass is 9.95. The molecule has 2 fully saturated rings. The van der Waals surface area contributed by atoms with Crippen molar-refractivity contribution in [2.45, 2.75) is 25.5 Å². The van der Waals surface area contributed by atoms with Crippen molar-refractivity contribution < 1.29 is 14.4 Å². The van der Waals surface area contributed by atoms with E-state index in [9.17, 15) is 9.90 Å². The second-order valence-electron chi connectivity index (χ2n) is 8.20. The lowest BCUT2D eigenvalue weighted by Crippen LogP contribution is -2.30. The number of aromatic nitrogens is 4. The fraction of sp³-hybridized carbons (Fsp3) is 0.429. The summed E-state index contributed by atoms with van der Waals surface area (Å²) in [6.07, 6.45) is 1.06. The smallest absolute Gasteiger partial charge is 0.269 e. The standard InChI is InChI=1S/C21H24N6O3/c1-13-24-18(26-30-13)11-27-10-17(28)21(12-27)15(19(21)14-5-3-2-4-6-14)9-22-20(29)16-7-8-23-25-16/h2-8,15,17,19,28H,9-12H2,1H3,(H,22,29)(H,23,25)/t15-,17+,19-,21-/m1/s1. The molecule has 0 bridgehead atoms. The lowest BCUT2D eigenvalue weighted by Gasteiger charge is -2.15. The summed E-state index contributed by atoms with van der Waals surface area (Å²) in [5.41, 5.74) is 1.32. The van der Waals surface area contributed by atoms with Crippen LogP contribution in [0.1, 0.15) is 33.7 Å². The van der Waals surface area contributed by atoms with Gasteiger partial charge in [-0.2, -0.15) is 10.1 Å². The van der Waals surface area contributed by atoms with Gasteiger partial charge in [-0.3, -0.25) is 14.8 Å². The molecule has 1 saturated heterocycles. The van der Waals surface area contributed by atoms with E-state index in [2.05, 4.69) is 42.7 Å². The Hall–Kier alpha value is -3.04. The monoisotopic (exact) mass is 408 g/mol. The van der Waals surface area contributed by atoms with Crippen molar-refractivity contribution in [3.8, 4) is 0 Å². The van der Waals surface area contributed by atoms with Gasteiger partial charge in [-0.05, 0) is 23.5 Å². The van der Waals surface area contributed by atoms with E-state index >= 15 is 0 Å². The van der Waals surface area contributed by atoms with Crippen molar-refractivity contribution in [3.63, 3.8) is 0 Å². The lowest BCUT2D eigenvalue weighted by molar-refractivity contribution is 0.0934. The zero-order valence-corrected chi connectivity index (χ0v) is 16.7. The first-order valence-corrected chi connectivity index (χ1v) is 10.1. The van der Waals surface area contributed by atoms with Crippen molar-refractivity contribution in [2.75, 3.05) is 19.6 Å². The second kappa shape index (κ2) is 7.33. The van der Waals surface area contributed by atoms with E-state index in [1.807, 2.05) is 18.2 Å². The highest BCUT2D eigenvalue weighted by Gasteiger charge is 2.71. The minimum atomic E-state index is -0.496. The Morgan fingerprint density at radius 2 is 2.20 bits per heavy atom. The van der Waals surface area contributed by atoms with Crippen LogP contribution in [-0.2, 0) is 6.54 Å².